The Kier molecular flexibility index (Phi) is 12.5. The summed E-state index contributed by atoms with van der Waals surface area (Å²) in [7, 11) is 5.04. The summed E-state index contributed by atoms with van der Waals surface area (Å²) in [5.41, 5.74) is 6.87. The fraction of sp³-hybridized carbons (Fsp3) is 0.355. The molecule has 37 heavy (non-hydrogen) atoms. The predicted molar refractivity (Wildman–Crippen MR) is 150 cm³/mol. The molecule has 198 valence electrons. The van der Waals surface area contributed by atoms with E-state index in [1.54, 1.807) is 28.2 Å². The molecule has 0 radical (unpaired) electrons. The number of ketones is 1. The number of hydrogen-bond acceptors (Lipinski definition) is 5. The van der Waals surface area contributed by atoms with Crippen LogP contribution in [-0.4, -0.2) is 45.8 Å². The van der Waals surface area contributed by atoms with Gasteiger partial charge < -0.3 is 20.1 Å². The van der Waals surface area contributed by atoms with Gasteiger partial charge in [0.25, 0.3) is 0 Å². The predicted octanol–water partition coefficient (Wildman–Crippen LogP) is 5.73. The van der Waals surface area contributed by atoms with E-state index < -0.39 is 6.09 Å². The molecule has 0 fully saturated rings. The van der Waals surface area contributed by atoms with Crippen molar-refractivity contribution >= 4 is 11.9 Å². The maximum Gasteiger partial charge on any atom is 0.407 e. The number of rotatable bonds is 8. The van der Waals surface area contributed by atoms with Crippen LogP contribution in [0.15, 0.2) is 72.8 Å². The summed E-state index contributed by atoms with van der Waals surface area (Å²) in [6.07, 6.45) is 0.217. The minimum atomic E-state index is -0.428. The van der Waals surface area contributed by atoms with E-state index in [1.807, 2.05) is 62.4 Å². The first kappa shape index (κ1) is 29.7. The monoisotopic (exact) mass is 504 g/mol. The summed E-state index contributed by atoms with van der Waals surface area (Å²) in [5.74, 6) is 0.169. The number of carbonyl (C=O) groups is 2. The van der Waals surface area contributed by atoms with E-state index in [0.717, 1.165) is 11.1 Å². The van der Waals surface area contributed by atoms with E-state index in [4.69, 9.17) is 4.74 Å². The number of fused-ring (bicyclic) bond motifs is 3. The highest BCUT2D eigenvalue weighted by atomic mass is 16.5. The molecular weight excluding hydrogens is 464 g/mol. The van der Waals surface area contributed by atoms with Gasteiger partial charge in [0.2, 0.25) is 0 Å². The Hall–Kier alpha value is -3.48. The highest BCUT2D eigenvalue weighted by Gasteiger charge is 2.28. The zero-order valence-electron chi connectivity index (χ0n) is 22.8. The molecule has 0 bridgehead atoms. The second-order valence-electron chi connectivity index (χ2n) is 8.56. The second kappa shape index (κ2) is 15.6. The Morgan fingerprint density at radius 3 is 1.81 bits per heavy atom. The third-order valence-electron chi connectivity index (χ3n) is 6.08. The number of nitrogens with one attached hydrogen (secondary N) is 2. The molecule has 1 atom stereocenters. The van der Waals surface area contributed by atoms with Crippen LogP contribution in [0.1, 0.15) is 48.9 Å². The number of methoxy groups -OCH3 is 1. The van der Waals surface area contributed by atoms with Gasteiger partial charge in [0.1, 0.15) is 12.4 Å². The summed E-state index contributed by atoms with van der Waals surface area (Å²) in [6.45, 7) is 6.28. The topological polar surface area (TPSA) is 76.7 Å². The molecule has 2 N–H and O–H groups in total. The maximum absolute atomic E-state index is 12.3. The summed E-state index contributed by atoms with van der Waals surface area (Å²) < 4.78 is 9.83. The molecule has 4 rings (SSSR count). The number of likely N-dealkylation sites (N-methyl/N-ethyl adjacent to an activating group) is 1. The van der Waals surface area contributed by atoms with Gasteiger partial charge in [-0.2, -0.15) is 0 Å². The average Bonchev–Trinajstić information content (AvgIpc) is 3.25. The SMILES string of the molecule is CC.CNC(Cc1ccc(CNC(=O)OCC2c3ccccc3-c3ccccc32)cc1)C(C)=O.COC. The molecule has 0 aliphatic heterocycles. The molecule has 0 heterocycles. The minimum absolute atomic E-state index is 0.0498. The Balaban J connectivity index is 0.000000898. The molecule has 3 aromatic rings. The first-order valence-electron chi connectivity index (χ1n) is 12.7. The van der Waals surface area contributed by atoms with Gasteiger partial charge >= 0.3 is 6.09 Å². The van der Waals surface area contributed by atoms with Crippen LogP contribution in [0, 0.1) is 0 Å². The second-order valence-corrected chi connectivity index (χ2v) is 8.56. The molecule has 1 unspecified atom stereocenters. The number of alkyl carbamates (subject to hydrolysis) is 1. The van der Waals surface area contributed by atoms with Crippen LogP contribution in [0.5, 0.6) is 0 Å². The van der Waals surface area contributed by atoms with Crippen LogP contribution < -0.4 is 10.6 Å². The molecule has 3 aromatic carbocycles. The number of carbonyl (C=O) groups excluding carboxylic acids is 2. The lowest BCUT2D eigenvalue weighted by atomic mass is 9.98. The number of Topliss-reactive ketones (excluding diaryl/α,β-unsaturated/α-hetero) is 1. The molecule has 6 nitrogen and oxygen atoms in total. The fourth-order valence-electron chi connectivity index (χ4n) is 4.30. The first-order valence-corrected chi connectivity index (χ1v) is 12.7. The molecule has 0 aromatic heterocycles. The highest BCUT2D eigenvalue weighted by molar-refractivity contribution is 5.81. The zero-order valence-corrected chi connectivity index (χ0v) is 22.8. The molecule has 0 saturated heterocycles. The van der Waals surface area contributed by atoms with Crippen LogP contribution in [0.2, 0.25) is 0 Å². The van der Waals surface area contributed by atoms with Gasteiger partial charge in [-0.05, 0) is 53.8 Å². The van der Waals surface area contributed by atoms with Gasteiger partial charge in [0, 0.05) is 26.7 Å². The van der Waals surface area contributed by atoms with Crippen LogP contribution in [0.3, 0.4) is 0 Å². The third-order valence-corrected chi connectivity index (χ3v) is 6.08. The number of benzene rings is 3. The third kappa shape index (κ3) is 8.27. The van der Waals surface area contributed by atoms with Crippen molar-refractivity contribution in [2.24, 2.45) is 0 Å². The lowest BCUT2D eigenvalue weighted by Crippen LogP contribution is -2.34. The smallest absolute Gasteiger partial charge is 0.407 e. The van der Waals surface area contributed by atoms with Crippen LogP contribution in [0.25, 0.3) is 11.1 Å². The first-order chi connectivity index (χ1) is 18.0. The van der Waals surface area contributed by atoms with Crippen molar-refractivity contribution in [3.8, 4) is 11.1 Å². The van der Waals surface area contributed by atoms with Crippen LogP contribution >= 0.6 is 0 Å². The van der Waals surface area contributed by atoms with E-state index >= 15 is 0 Å². The fourth-order valence-corrected chi connectivity index (χ4v) is 4.30. The quantitative estimate of drug-likeness (QED) is 0.410. The van der Waals surface area contributed by atoms with Crippen LogP contribution in [-0.2, 0) is 27.2 Å². The summed E-state index contributed by atoms with van der Waals surface area (Å²) in [6, 6.07) is 24.3. The van der Waals surface area contributed by atoms with Crippen molar-refractivity contribution in [3.05, 3.63) is 95.1 Å². The molecule has 0 saturated carbocycles. The number of ether oxygens (including phenoxy) is 2. The Labute approximate surface area is 221 Å². The van der Waals surface area contributed by atoms with Gasteiger partial charge in [-0.1, -0.05) is 86.6 Å². The molecule has 0 spiro atoms. The Morgan fingerprint density at radius 1 is 0.838 bits per heavy atom. The number of amides is 1. The van der Waals surface area contributed by atoms with E-state index in [2.05, 4.69) is 39.6 Å². The zero-order chi connectivity index (χ0) is 27.2. The van der Waals surface area contributed by atoms with Crippen molar-refractivity contribution in [1.82, 2.24) is 10.6 Å². The normalized spacial score (nSPS) is 12.1. The van der Waals surface area contributed by atoms with Crippen molar-refractivity contribution in [2.75, 3.05) is 27.9 Å². The summed E-state index contributed by atoms with van der Waals surface area (Å²) in [5, 5.41) is 5.86. The van der Waals surface area contributed by atoms with Gasteiger partial charge in [0.15, 0.2) is 0 Å². The summed E-state index contributed by atoms with van der Waals surface area (Å²) >= 11 is 0. The van der Waals surface area contributed by atoms with Gasteiger partial charge in [0.05, 0.1) is 6.04 Å². The van der Waals surface area contributed by atoms with Crippen molar-refractivity contribution in [1.29, 1.82) is 0 Å². The maximum atomic E-state index is 12.3. The van der Waals surface area contributed by atoms with E-state index in [-0.39, 0.29) is 17.7 Å². The average molecular weight is 505 g/mol. The van der Waals surface area contributed by atoms with E-state index in [0.29, 0.717) is 19.6 Å². The van der Waals surface area contributed by atoms with Gasteiger partial charge in [-0.15, -0.1) is 0 Å². The van der Waals surface area contributed by atoms with Crippen molar-refractivity contribution in [3.63, 3.8) is 0 Å². The van der Waals surface area contributed by atoms with Crippen molar-refractivity contribution < 1.29 is 19.1 Å². The summed E-state index contributed by atoms with van der Waals surface area (Å²) in [4.78, 5) is 23.9. The van der Waals surface area contributed by atoms with Gasteiger partial charge in [-0.3, -0.25) is 4.79 Å². The molecular formula is C31H40N2O4. The molecule has 1 aliphatic carbocycles. The highest BCUT2D eigenvalue weighted by Crippen LogP contribution is 2.44. The van der Waals surface area contributed by atoms with Gasteiger partial charge in [-0.25, -0.2) is 4.79 Å². The number of hydrogen-bond donors (Lipinski definition) is 2. The Morgan fingerprint density at radius 2 is 1.32 bits per heavy atom. The minimum Gasteiger partial charge on any atom is -0.449 e. The van der Waals surface area contributed by atoms with E-state index in [9.17, 15) is 9.59 Å². The van der Waals surface area contributed by atoms with Crippen molar-refractivity contribution in [2.45, 2.75) is 45.7 Å². The largest absolute Gasteiger partial charge is 0.449 e. The molecule has 1 aliphatic rings. The molecule has 6 heteroatoms. The molecule has 1 amide bonds. The standard InChI is InChI=1S/C27H28N2O3.C2H6O.C2H6/c1-18(30)26(28-2)15-19-11-13-20(14-12-19)16-29-27(31)32-17-25-23-9-5-3-7-21(23)22-8-4-6-10-24(22)25;1-3-2;1-2/h3-14,25-26,28H,15-17H2,1-2H3,(H,29,31);1-2H3;1-2H3. The lowest BCUT2D eigenvalue weighted by molar-refractivity contribution is -0.118. The lowest BCUT2D eigenvalue weighted by Gasteiger charge is -2.15. The van der Waals surface area contributed by atoms with Crippen LogP contribution in [0.4, 0.5) is 4.79 Å². The Bertz CT molecular complexity index is 1080. The van der Waals surface area contributed by atoms with E-state index in [1.165, 1.54) is 22.3 Å².